The minimum absolute atomic E-state index is 0. The fourth-order valence-corrected chi connectivity index (χ4v) is 4.31. The van der Waals surface area contributed by atoms with Crippen LogP contribution in [-0.2, 0) is 21.9 Å². The molecular formula is C17H26ClN5O3S. The smallest absolute Gasteiger partial charge is 0.244 e. The molecule has 2 unspecified atom stereocenters. The lowest BCUT2D eigenvalue weighted by Crippen LogP contribution is -2.46. The molecule has 0 aliphatic rings. The molecule has 1 aromatic heterocycles. The van der Waals surface area contributed by atoms with Gasteiger partial charge in [0, 0.05) is 19.6 Å². The lowest BCUT2D eigenvalue weighted by molar-refractivity contribution is -0.122. The molecule has 0 fully saturated rings. The van der Waals surface area contributed by atoms with Gasteiger partial charge in [-0.15, -0.1) is 12.4 Å². The topological polar surface area (TPSA) is 119 Å². The molecule has 8 nitrogen and oxygen atoms in total. The van der Waals surface area contributed by atoms with Crippen LogP contribution in [0.2, 0.25) is 0 Å². The summed E-state index contributed by atoms with van der Waals surface area (Å²) in [5.74, 6) is -0.445. The van der Waals surface area contributed by atoms with Crippen LogP contribution in [-0.4, -0.2) is 36.7 Å². The van der Waals surface area contributed by atoms with Gasteiger partial charge in [0.2, 0.25) is 15.9 Å². The quantitative estimate of drug-likeness (QED) is 0.621. The van der Waals surface area contributed by atoms with Crippen molar-refractivity contribution in [3.8, 4) is 0 Å². The lowest BCUT2D eigenvalue weighted by Gasteiger charge is -2.17. The maximum atomic E-state index is 12.6. The Morgan fingerprint density at radius 1 is 1.26 bits per heavy atom. The molecule has 1 amide bonds. The molecule has 10 heteroatoms. The molecule has 0 saturated carbocycles. The molecule has 0 aliphatic heterocycles. The number of hydrogen-bond acceptors (Lipinski definition) is 5. The van der Waals surface area contributed by atoms with E-state index in [1.165, 1.54) is 11.6 Å². The Hall–Kier alpha value is -1.94. The molecular weight excluding hydrogens is 390 g/mol. The second kappa shape index (κ2) is 9.32. The third kappa shape index (κ3) is 5.52. The Bertz CT molecular complexity index is 883. The van der Waals surface area contributed by atoms with E-state index in [9.17, 15) is 13.2 Å². The largest absolute Gasteiger partial charge is 0.353 e. The van der Waals surface area contributed by atoms with Crippen molar-refractivity contribution in [3.63, 3.8) is 0 Å². The third-order valence-electron chi connectivity index (χ3n) is 4.16. The summed E-state index contributed by atoms with van der Waals surface area (Å²) in [7, 11) is -2.19. The van der Waals surface area contributed by atoms with E-state index >= 15 is 0 Å². The van der Waals surface area contributed by atoms with Crippen LogP contribution in [0.5, 0.6) is 0 Å². The van der Waals surface area contributed by atoms with E-state index in [1.807, 2.05) is 30.3 Å². The molecule has 4 N–H and O–H groups in total. The number of nitrogens with zero attached hydrogens (tertiary/aromatic N) is 2. The summed E-state index contributed by atoms with van der Waals surface area (Å²) < 4.78 is 29.1. The summed E-state index contributed by atoms with van der Waals surface area (Å²) in [6.45, 7) is 4.98. The van der Waals surface area contributed by atoms with Crippen molar-refractivity contribution in [1.82, 2.24) is 19.8 Å². The first-order valence-corrected chi connectivity index (χ1v) is 9.72. The van der Waals surface area contributed by atoms with Gasteiger partial charge in [-0.1, -0.05) is 30.3 Å². The number of benzene rings is 1. The minimum Gasteiger partial charge on any atom is -0.353 e. The van der Waals surface area contributed by atoms with E-state index in [0.717, 1.165) is 5.56 Å². The van der Waals surface area contributed by atoms with Gasteiger partial charge in [0.25, 0.3) is 0 Å². The fraction of sp³-hybridized carbons (Fsp3) is 0.412. The molecule has 0 saturated heterocycles. The second-order valence-corrected chi connectivity index (χ2v) is 7.88. The first-order valence-electron chi connectivity index (χ1n) is 8.24. The van der Waals surface area contributed by atoms with E-state index in [2.05, 4.69) is 15.1 Å². The highest BCUT2D eigenvalue weighted by molar-refractivity contribution is 7.89. The average molecular weight is 416 g/mol. The van der Waals surface area contributed by atoms with Gasteiger partial charge in [-0.05, 0) is 26.3 Å². The Balaban J connectivity index is 0.00000364. The molecule has 150 valence electrons. The predicted molar refractivity (Wildman–Crippen MR) is 106 cm³/mol. The molecule has 0 bridgehead atoms. The maximum absolute atomic E-state index is 12.6. The SMILES string of the molecule is Cc1nn(C)c(C)c1S(=O)(=O)NC(C)C(=O)NCC(N)c1ccccc1.Cl. The standard InChI is InChI=1S/C17H25N5O3S.ClH/c1-11-16(13(3)22(4)20-11)26(24,25)21-12(2)17(23)19-10-15(18)14-8-6-5-7-9-14;/h5-9,12,15,21H,10,18H2,1-4H3,(H,19,23);1H. The van der Waals surface area contributed by atoms with Gasteiger partial charge in [-0.25, -0.2) is 8.42 Å². The number of aryl methyl sites for hydroxylation is 2. The van der Waals surface area contributed by atoms with Crippen LogP contribution in [0.15, 0.2) is 35.2 Å². The average Bonchev–Trinajstić information content (AvgIpc) is 2.85. The zero-order chi connectivity index (χ0) is 19.5. The monoisotopic (exact) mass is 415 g/mol. The van der Waals surface area contributed by atoms with Crippen LogP contribution >= 0.6 is 12.4 Å². The third-order valence-corrected chi connectivity index (χ3v) is 5.95. The number of hydrogen-bond donors (Lipinski definition) is 3. The molecule has 0 radical (unpaired) electrons. The summed E-state index contributed by atoms with van der Waals surface area (Å²) in [5, 5.41) is 6.78. The molecule has 1 heterocycles. The lowest BCUT2D eigenvalue weighted by atomic mass is 10.1. The minimum atomic E-state index is -3.86. The zero-order valence-electron chi connectivity index (χ0n) is 15.8. The molecule has 2 rings (SSSR count). The van der Waals surface area contributed by atoms with Gasteiger partial charge in [0.1, 0.15) is 4.90 Å². The second-order valence-electron chi connectivity index (χ2n) is 6.23. The number of amides is 1. The molecule has 0 spiro atoms. The van der Waals surface area contributed by atoms with Crippen molar-refractivity contribution in [2.75, 3.05) is 6.54 Å². The number of nitrogens with two attached hydrogens (primary N) is 1. The number of rotatable bonds is 7. The van der Waals surface area contributed by atoms with E-state index in [0.29, 0.717) is 11.4 Å². The number of sulfonamides is 1. The highest BCUT2D eigenvalue weighted by Crippen LogP contribution is 2.18. The number of aromatic nitrogens is 2. The van der Waals surface area contributed by atoms with Crippen LogP contribution in [0.1, 0.15) is 29.9 Å². The van der Waals surface area contributed by atoms with Crippen molar-refractivity contribution in [1.29, 1.82) is 0 Å². The molecule has 2 aromatic rings. The maximum Gasteiger partial charge on any atom is 0.244 e. The van der Waals surface area contributed by atoms with E-state index in [-0.39, 0.29) is 29.9 Å². The van der Waals surface area contributed by atoms with E-state index < -0.39 is 22.0 Å². The van der Waals surface area contributed by atoms with Crippen molar-refractivity contribution >= 4 is 28.3 Å². The van der Waals surface area contributed by atoms with Crippen molar-refractivity contribution in [2.45, 2.75) is 37.8 Å². The van der Waals surface area contributed by atoms with Crippen LogP contribution in [0.4, 0.5) is 0 Å². The number of carbonyl (C=O) groups excluding carboxylic acids is 1. The van der Waals surface area contributed by atoms with Gasteiger partial charge >= 0.3 is 0 Å². The van der Waals surface area contributed by atoms with Crippen molar-refractivity contribution in [2.24, 2.45) is 12.8 Å². The summed E-state index contributed by atoms with van der Waals surface area (Å²) in [6.07, 6.45) is 0. The number of halogens is 1. The molecule has 0 aliphatic carbocycles. The first kappa shape index (κ1) is 23.1. The van der Waals surface area contributed by atoms with Crippen molar-refractivity contribution in [3.05, 3.63) is 47.3 Å². The van der Waals surface area contributed by atoms with Gasteiger partial charge in [-0.2, -0.15) is 9.82 Å². The van der Waals surface area contributed by atoms with Crippen LogP contribution in [0.3, 0.4) is 0 Å². The van der Waals surface area contributed by atoms with Crippen LogP contribution < -0.4 is 15.8 Å². The molecule has 1 aromatic carbocycles. The van der Waals surface area contributed by atoms with Gasteiger partial charge in [0.05, 0.1) is 17.4 Å². The van der Waals surface area contributed by atoms with Crippen LogP contribution in [0.25, 0.3) is 0 Å². The number of nitrogens with one attached hydrogen (secondary N) is 2. The van der Waals surface area contributed by atoms with Crippen LogP contribution in [0, 0.1) is 13.8 Å². The summed E-state index contributed by atoms with van der Waals surface area (Å²) in [6, 6.07) is 8.05. The zero-order valence-corrected chi connectivity index (χ0v) is 17.4. The van der Waals surface area contributed by atoms with Crippen molar-refractivity contribution < 1.29 is 13.2 Å². The summed E-state index contributed by atoms with van der Waals surface area (Å²) >= 11 is 0. The van der Waals surface area contributed by atoms with Gasteiger partial charge < -0.3 is 11.1 Å². The Labute approximate surface area is 166 Å². The Kier molecular flexibility index (Phi) is 7.97. The summed E-state index contributed by atoms with van der Waals surface area (Å²) in [4.78, 5) is 12.3. The van der Waals surface area contributed by atoms with Gasteiger partial charge in [0.15, 0.2) is 0 Å². The highest BCUT2D eigenvalue weighted by atomic mass is 35.5. The van der Waals surface area contributed by atoms with E-state index in [1.54, 1.807) is 20.9 Å². The normalized spacial score (nSPS) is 13.5. The van der Waals surface area contributed by atoms with Gasteiger partial charge in [-0.3, -0.25) is 9.48 Å². The Morgan fingerprint density at radius 3 is 2.37 bits per heavy atom. The Morgan fingerprint density at radius 2 is 1.85 bits per heavy atom. The molecule has 27 heavy (non-hydrogen) atoms. The highest BCUT2D eigenvalue weighted by Gasteiger charge is 2.27. The summed E-state index contributed by atoms with van der Waals surface area (Å²) in [5.41, 5.74) is 7.82. The molecule has 2 atom stereocenters. The fourth-order valence-electron chi connectivity index (χ4n) is 2.67. The van der Waals surface area contributed by atoms with E-state index in [4.69, 9.17) is 5.73 Å². The first-order chi connectivity index (χ1) is 12.1. The predicted octanol–water partition coefficient (Wildman–Crippen LogP) is 0.942. The number of carbonyl (C=O) groups is 1.